The van der Waals surface area contributed by atoms with Crippen molar-refractivity contribution in [2.75, 3.05) is 31.1 Å². The lowest BCUT2D eigenvalue weighted by molar-refractivity contribution is 0.0240. The van der Waals surface area contributed by atoms with Crippen LogP contribution in [0, 0.1) is 5.82 Å². The summed E-state index contributed by atoms with van der Waals surface area (Å²) in [5, 5.41) is 1.36. The summed E-state index contributed by atoms with van der Waals surface area (Å²) < 4.78 is 19.4. The number of ether oxygens (including phenoxy) is 1. The molecule has 5 nitrogen and oxygen atoms in total. The molecule has 0 atom stereocenters. The van der Waals surface area contributed by atoms with E-state index >= 15 is 0 Å². The molecule has 3 rings (SSSR count). The molecule has 2 heterocycles. The second kappa shape index (κ2) is 6.26. The molecule has 0 N–H and O–H groups in total. The highest BCUT2D eigenvalue weighted by Crippen LogP contribution is 2.27. The van der Waals surface area contributed by atoms with Gasteiger partial charge in [0.05, 0.1) is 0 Å². The highest BCUT2D eigenvalue weighted by molar-refractivity contribution is 5.92. The van der Waals surface area contributed by atoms with Gasteiger partial charge in [0, 0.05) is 43.1 Å². The Bertz CT molecular complexity index is 750. The van der Waals surface area contributed by atoms with Gasteiger partial charge in [0.1, 0.15) is 17.2 Å². The first-order chi connectivity index (χ1) is 11.3. The molecule has 1 amide bonds. The molecule has 1 saturated heterocycles. The Hall–Kier alpha value is -2.37. The lowest BCUT2D eigenvalue weighted by atomic mass is 10.1. The van der Waals surface area contributed by atoms with Crippen molar-refractivity contribution >= 4 is 22.7 Å². The molecule has 1 aromatic heterocycles. The van der Waals surface area contributed by atoms with Crippen LogP contribution in [0.5, 0.6) is 0 Å². The lowest BCUT2D eigenvalue weighted by Crippen LogP contribution is -2.50. The van der Waals surface area contributed by atoms with Crippen molar-refractivity contribution in [2.45, 2.75) is 26.4 Å². The predicted octanol–water partition coefficient (Wildman–Crippen LogP) is 3.43. The number of pyridine rings is 1. The molecular formula is C18H22FN3O2. The molecule has 1 fully saturated rings. The lowest BCUT2D eigenvalue weighted by Gasteiger charge is -2.36. The standard InChI is InChI=1S/C18H22FN3O2/c1-18(2,3)24-17(23)22-11-9-21(10-12-22)16-14-5-4-6-15(19)13(14)7-8-20-16/h4-8H,9-12H2,1-3H3. The van der Waals surface area contributed by atoms with E-state index in [1.807, 2.05) is 26.8 Å². The topological polar surface area (TPSA) is 45.7 Å². The number of anilines is 1. The fourth-order valence-corrected chi connectivity index (χ4v) is 2.83. The SMILES string of the molecule is CC(C)(C)OC(=O)N1CCN(c2nccc3c(F)cccc23)CC1. The highest BCUT2D eigenvalue weighted by Gasteiger charge is 2.26. The zero-order valence-electron chi connectivity index (χ0n) is 14.3. The Labute approximate surface area is 141 Å². The third kappa shape index (κ3) is 3.42. The first-order valence-electron chi connectivity index (χ1n) is 8.11. The smallest absolute Gasteiger partial charge is 0.410 e. The maximum absolute atomic E-state index is 13.9. The van der Waals surface area contributed by atoms with Gasteiger partial charge in [-0.25, -0.2) is 14.2 Å². The van der Waals surface area contributed by atoms with Gasteiger partial charge >= 0.3 is 6.09 Å². The van der Waals surface area contributed by atoms with Gasteiger partial charge in [-0.3, -0.25) is 0 Å². The number of piperazine rings is 1. The van der Waals surface area contributed by atoms with Crippen LogP contribution in [-0.2, 0) is 4.74 Å². The Balaban J connectivity index is 1.74. The quantitative estimate of drug-likeness (QED) is 0.803. The van der Waals surface area contributed by atoms with Crippen molar-refractivity contribution in [3.8, 4) is 0 Å². The predicted molar refractivity (Wildman–Crippen MR) is 91.7 cm³/mol. The van der Waals surface area contributed by atoms with Gasteiger partial charge in [-0.05, 0) is 32.9 Å². The van der Waals surface area contributed by atoms with Crippen LogP contribution in [0.3, 0.4) is 0 Å². The number of hydrogen-bond acceptors (Lipinski definition) is 4. The van der Waals surface area contributed by atoms with Gasteiger partial charge in [-0.15, -0.1) is 0 Å². The van der Waals surface area contributed by atoms with Gasteiger partial charge in [0.2, 0.25) is 0 Å². The molecule has 0 saturated carbocycles. The zero-order valence-corrected chi connectivity index (χ0v) is 14.3. The minimum Gasteiger partial charge on any atom is -0.444 e. The number of carbonyl (C=O) groups is 1. The van der Waals surface area contributed by atoms with E-state index in [9.17, 15) is 9.18 Å². The summed E-state index contributed by atoms with van der Waals surface area (Å²) in [6.45, 7) is 7.97. The maximum atomic E-state index is 13.9. The molecule has 0 radical (unpaired) electrons. The molecule has 1 aliphatic heterocycles. The van der Waals surface area contributed by atoms with Crippen LogP contribution in [0.25, 0.3) is 10.8 Å². The van der Waals surface area contributed by atoms with Gasteiger partial charge in [0.15, 0.2) is 0 Å². The van der Waals surface area contributed by atoms with Crippen LogP contribution in [0.15, 0.2) is 30.5 Å². The Morgan fingerprint density at radius 1 is 1.12 bits per heavy atom. The number of carbonyl (C=O) groups excluding carboxylic acids is 1. The number of amides is 1. The normalized spacial score (nSPS) is 15.7. The summed E-state index contributed by atoms with van der Waals surface area (Å²) in [6, 6.07) is 6.71. The number of aromatic nitrogens is 1. The van der Waals surface area contributed by atoms with E-state index in [0.717, 1.165) is 11.2 Å². The molecule has 0 unspecified atom stereocenters. The molecule has 0 spiro atoms. The van der Waals surface area contributed by atoms with Crippen LogP contribution in [0.4, 0.5) is 15.0 Å². The largest absolute Gasteiger partial charge is 0.444 e. The van der Waals surface area contributed by atoms with Crippen LogP contribution in [0.2, 0.25) is 0 Å². The Morgan fingerprint density at radius 3 is 2.50 bits per heavy atom. The molecule has 128 valence electrons. The van der Waals surface area contributed by atoms with E-state index in [-0.39, 0.29) is 11.9 Å². The summed E-state index contributed by atoms with van der Waals surface area (Å²) in [4.78, 5) is 20.3. The van der Waals surface area contributed by atoms with Gasteiger partial charge < -0.3 is 14.5 Å². The summed E-state index contributed by atoms with van der Waals surface area (Å²) in [5.74, 6) is 0.513. The van der Waals surface area contributed by atoms with Crippen LogP contribution < -0.4 is 4.90 Å². The first kappa shape index (κ1) is 16.5. The molecule has 2 aromatic rings. The van der Waals surface area contributed by atoms with E-state index in [0.29, 0.717) is 31.6 Å². The minimum atomic E-state index is -0.497. The minimum absolute atomic E-state index is 0.247. The summed E-state index contributed by atoms with van der Waals surface area (Å²) in [5.41, 5.74) is -0.497. The van der Waals surface area contributed by atoms with Crippen molar-refractivity contribution in [2.24, 2.45) is 0 Å². The van der Waals surface area contributed by atoms with Crippen molar-refractivity contribution in [1.29, 1.82) is 0 Å². The summed E-state index contributed by atoms with van der Waals surface area (Å²) in [7, 11) is 0. The van der Waals surface area contributed by atoms with E-state index in [1.54, 1.807) is 23.2 Å². The fourth-order valence-electron chi connectivity index (χ4n) is 2.83. The Kier molecular flexibility index (Phi) is 4.30. The van der Waals surface area contributed by atoms with Crippen molar-refractivity contribution < 1.29 is 13.9 Å². The molecular weight excluding hydrogens is 309 g/mol. The molecule has 1 aliphatic rings. The average Bonchev–Trinajstić information content (AvgIpc) is 2.53. The van der Waals surface area contributed by atoms with Crippen molar-refractivity contribution in [3.63, 3.8) is 0 Å². The van der Waals surface area contributed by atoms with E-state index in [2.05, 4.69) is 9.88 Å². The molecule has 0 bridgehead atoms. The molecule has 1 aromatic carbocycles. The van der Waals surface area contributed by atoms with Crippen LogP contribution >= 0.6 is 0 Å². The number of benzene rings is 1. The second-order valence-corrected chi connectivity index (χ2v) is 6.92. The molecule has 0 aliphatic carbocycles. The van der Waals surface area contributed by atoms with Gasteiger partial charge in [0.25, 0.3) is 0 Å². The summed E-state index contributed by atoms with van der Waals surface area (Å²) in [6.07, 6.45) is 1.33. The Morgan fingerprint density at radius 2 is 1.83 bits per heavy atom. The van der Waals surface area contributed by atoms with Gasteiger partial charge in [-0.2, -0.15) is 0 Å². The maximum Gasteiger partial charge on any atom is 0.410 e. The highest BCUT2D eigenvalue weighted by atomic mass is 19.1. The first-order valence-corrected chi connectivity index (χ1v) is 8.11. The average molecular weight is 331 g/mol. The van der Waals surface area contributed by atoms with E-state index < -0.39 is 5.60 Å². The number of halogens is 1. The third-order valence-electron chi connectivity index (χ3n) is 3.96. The van der Waals surface area contributed by atoms with Crippen LogP contribution in [-0.4, -0.2) is 47.8 Å². The third-order valence-corrected chi connectivity index (χ3v) is 3.96. The van der Waals surface area contributed by atoms with Crippen molar-refractivity contribution in [1.82, 2.24) is 9.88 Å². The van der Waals surface area contributed by atoms with Gasteiger partial charge in [-0.1, -0.05) is 12.1 Å². The monoisotopic (exact) mass is 331 g/mol. The van der Waals surface area contributed by atoms with Crippen molar-refractivity contribution in [3.05, 3.63) is 36.3 Å². The second-order valence-electron chi connectivity index (χ2n) is 6.92. The van der Waals surface area contributed by atoms with E-state index in [4.69, 9.17) is 4.74 Å². The number of rotatable bonds is 1. The zero-order chi connectivity index (χ0) is 17.3. The molecule has 24 heavy (non-hydrogen) atoms. The fraction of sp³-hybridized carbons (Fsp3) is 0.444. The number of nitrogens with zero attached hydrogens (tertiary/aromatic N) is 3. The summed E-state index contributed by atoms with van der Waals surface area (Å²) >= 11 is 0. The van der Waals surface area contributed by atoms with Crippen LogP contribution in [0.1, 0.15) is 20.8 Å². The number of hydrogen-bond donors (Lipinski definition) is 0. The number of fused-ring (bicyclic) bond motifs is 1. The van der Waals surface area contributed by atoms with E-state index in [1.165, 1.54) is 6.07 Å². The molecule has 6 heteroatoms.